The first-order valence-corrected chi connectivity index (χ1v) is 10.9. The fourth-order valence-corrected chi connectivity index (χ4v) is 3.85. The van der Waals surface area contributed by atoms with Gasteiger partial charge in [0.05, 0.1) is 19.0 Å². The van der Waals surface area contributed by atoms with Crippen LogP contribution in [0.1, 0.15) is 24.8 Å². The van der Waals surface area contributed by atoms with Gasteiger partial charge in [0.2, 0.25) is 23.6 Å². The van der Waals surface area contributed by atoms with Gasteiger partial charge < -0.3 is 37.1 Å². The third kappa shape index (κ3) is 6.54. The van der Waals surface area contributed by atoms with Gasteiger partial charge in [-0.2, -0.15) is 0 Å². The molecule has 1 aromatic heterocycles. The Morgan fingerprint density at radius 1 is 1.12 bits per heavy atom. The largest absolute Gasteiger partial charge is 0.480 e. The van der Waals surface area contributed by atoms with E-state index in [1.54, 1.807) is 6.20 Å². The SMILES string of the molecule is NC(=O)CC(NC(=O)C(Cc1c[nH]c2ccccc12)NC(=O)CNC(=O)C1CCCN1)C(=O)O. The summed E-state index contributed by atoms with van der Waals surface area (Å²) in [5, 5.41) is 20.5. The van der Waals surface area contributed by atoms with Gasteiger partial charge in [-0.3, -0.25) is 19.2 Å². The molecule has 2 heterocycles. The number of aliphatic carboxylic acids is 1. The van der Waals surface area contributed by atoms with E-state index in [-0.39, 0.29) is 24.9 Å². The summed E-state index contributed by atoms with van der Waals surface area (Å²) in [7, 11) is 0. The van der Waals surface area contributed by atoms with E-state index in [1.807, 2.05) is 24.3 Å². The molecule has 0 spiro atoms. The number of carboxylic acid groups (broad SMARTS) is 1. The normalized spacial score (nSPS) is 17.0. The third-order valence-electron chi connectivity index (χ3n) is 5.57. The summed E-state index contributed by atoms with van der Waals surface area (Å²) in [5.74, 6) is -4.05. The molecule has 0 saturated carbocycles. The molecule has 0 radical (unpaired) electrons. The molecule has 1 aliphatic heterocycles. The first-order valence-electron chi connectivity index (χ1n) is 10.9. The molecule has 34 heavy (non-hydrogen) atoms. The Hall–Kier alpha value is -3.93. The van der Waals surface area contributed by atoms with Crippen molar-refractivity contribution in [2.45, 2.75) is 43.8 Å². The van der Waals surface area contributed by atoms with E-state index in [1.165, 1.54) is 0 Å². The molecule has 12 nitrogen and oxygen atoms in total. The molecule has 4 amide bonds. The van der Waals surface area contributed by atoms with Crippen LogP contribution >= 0.6 is 0 Å². The summed E-state index contributed by atoms with van der Waals surface area (Å²) < 4.78 is 0. The summed E-state index contributed by atoms with van der Waals surface area (Å²) in [6, 6.07) is 4.31. The number of benzene rings is 1. The predicted molar refractivity (Wildman–Crippen MR) is 121 cm³/mol. The number of H-pyrrole nitrogens is 1. The molecule has 182 valence electrons. The van der Waals surface area contributed by atoms with E-state index in [0.29, 0.717) is 6.42 Å². The number of para-hydroxylation sites is 1. The van der Waals surface area contributed by atoms with Gasteiger partial charge in [-0.25, -0.2) is 4.79 Å². The topological polar surface area (TPSA) is 196 Å². The predicted octanol–water partition coefficient (Wildman–Crippen LogP) is -1.49. The Morgan fingerprint density at radius 3 is 2.56 bits per heavy atom. The Kier molecular flexibility index (Phi) is 8.19. The zero-order valence-corrected chi connectivity index (χ0v) is 18.4. The molecule has 2 aromatic rings. The first-order chi connectivity index (χ1) is 16.2. The van der Waals surface area contributed by atoms with Gasteiger partial charge in [-0.1, -0.05) is 18.2 Å². The fourth-order valence-electron chi connectivity index (χ4n) is 3.85. The van der Waals surface area contributed by atoms with Gasteiger partial charge in [0, 0.05) is 23.5 Å². The molecule has 1 aromatic carbocycles. The van der Waals surface area contributed by atoms with Crippen molar-refractivity contribution in [1.29, 1.82) is 0 Å². The number of aromatic nitrogens is 1. The molecule has 3 rings (SSSR count). The minimum atomic E-state index is -1.54. The van der Waals surface area contributed by atoms with Crippen molar-refractivity contribution in [3.05, 3.63) is 36.0 Å². The lowest BCUT2D eigenvalue weighted by molar-refractivity contribution is -0.143. The number of primary amides is 1. The number of nitrogens with one attached hydrogen (secondary N) is 5. The Balaban J connectivity index is 1.71. The lowest BCUT2D eigenvalue weighted by Gasteiger charge is -2.21. The molecular weight excluding hydrogens is 444 g/mol. The van der Waals surface area contributed by atoms with Crippen molar-refractivity contribution in [3.8, 4) is 0 Å². The van der Waals surface area contributed by atoms with E-state index >= 15 is 0 Å². The minimum Gasteiger partial charge on any atom is -0.480 e. The molecule has 1 aliphatic rings. The highest BCUT2D eigenvalue weighted by Gasteiger charge is 2.29. The van der Waals surface area contributed by atoms with Gasteiger partial charge in [-0.15, -0.1) is 0 Å². The second kappa shape index (κ2) is 11.3. The molecular formula is C22H28N6O6. The number of rotatable bonds is 11. The average molecular weight is 473 g/mol. The van der Waals surface area contributed by atoms with Gasteiger partial charge in [0.25, 0.3) is 0 Å². The number of hydrogen-bond acceptors (Lipinski definition) is 6. The third-order valence-corrected chi connectivity index (χ3v) is 5.57. The van der Waals surface area contributed by atoms with E-state index < -0.39 is 42.2 Å². The molecule has 1 saturated heterocycles. The van der Waals surface area contributed by atoms with E-state index in [9.17, 15) is 29.1 Å². The maximum atomic E-state index is 12.9. The summed E-state index contributed by atoms with van der Waals surface area (Å²) in [6.45, 7) is 0.380. The highest BCUT2D eigenvalue weighted by atomic mass is 16.4. The number of carbonyl (C=O) groups excluding carboxylic acids is 4. The van der Waals surface area contributed by atoms with E-state index in [4.69, 9.17) is 5.73 Å². The number of amides is 4. The monoisotopic (exact) mass is 472 g/mol. The smallest absolute Gasteiger partial charge is 0.326 e. The minimum absolute atomic E-state index is 0.0443. The van der Waals surface area contributed by atoms with Crippen LogP contribution in [0.3, 0.4) is 0 Å². The number of fused-ring (bicyclic) bond motifs is 1. The standard InChI is InChI=1S/C22H28N6O6/c23-18(29)9-17(22(33)34)28-21(32)16(8-12-10-25-14-5-2-1-4-13(12)14)27-19(30)11-26-20(31)15-6-3-7-24-15/h1-2,4-5,10,15-17,24-25H,3,6-9,11H2,(H2,23,29)(H,26,31)(H,27,30)(H,28,32)(H,33,34). The van der Waals surface area contributed by atoms with Crippen LogP contribution in [0.15, 0.2) is 30.5 Å². The molecule has 3 atom stereocenters. The molecule has 0 aliphatic carbocycles. The van der Waals surface area contributed by atoms with Crippen LogP contribution in [0.4, 0.5) is 0 Å². The second-order valence-electron chi connectivity index (χ2n) is 8.12. The average Bonchev–Trinajstić information content (AvgIpc) is 3.47. The van der Waals surface area contributed by atoms with Crippen molar-refractivity contribution in [2.24, 2.45) is 5.73 Å². The quantitative estimate of drug-likeness (QED) is 0.207. The summed E-state index contributed by atoms with van der Waals surface area (Å²) in [6.07, 6.45) is 2.69. The number of carbonyl (C=O) groups is 5. The Labute approximate surface area is 195 Å². The lowest BCUT2D eigenvalue weighted by atomic mass is 10.0. The number of hydrogen-bond donors (Lipinski definition) is 7. The number of aromatic amines is 1. The van der Waals surface area contributed by atoms with Crippen molar-refractivity contribution in [1.82, 2.24) is 26.3 Å². The fraction of sp³-hybridized carbons (Fsp3) is 0.409. The van der Waals surface area contributed by atoms with Crippen molar-refractivity contribution in [3.63, 3.8) is 0 Å². The van der Waals surface area contributed by atoms with Crippen LogP contribution in [0.25, 0.3) is 10.9 Å². The van der Waals surface area contributed by atoms with Crippen LogP contribution in [-0.4, -0.2) is 70.9 Å². The lowest BCUT2D eigenvalue weighted by Crippen LogP contribution is -2.55. The summed E-state index contributed by atoms with van der Waals surface area (Å²) >= 11 is 0. The molecule has 8 N–H and O–H groups in total. The van der Waals surface area contributed by atoms with Crippen LogP contribution < -0.4 is 27.0 Å². The van der Waals surface area contributed by atoms with Gasteiger partial charge in [0.1, 0.15) is 12.1 Å². The highest BCUT2D eigenvalue weighted by molar-refractivity contribution is 5.94. The zero-order chi connectivity index (χ0) is 24.7. The molecule has 12 heteroatoms. The molecule has 3 unspecified atom stereocenters. The maximum Gasteiger partial charge on any atom is 0.326 e. The van der Waals surface area contributed by atoms with Gasteiger partial charge >= 0.3 is 5.97 Å². The molecule has 0 bridgehead atoms. The van der Waals surface area contributed by atoms with Gasteiger partial charge in [0.15, 0.2) is 0 Å². The Bertz CT molecular complexity index is 1080. The first kappa shape index (κ1) is 24.7. The van der Waals surface area contributed by atoms with Crippen LogP contribution in [0, 0.1) is 0 Å². The second-order valence-corrected chi connectivity index (χ2v) is 8.12. The summed E-state index contributed by atoms with van der Waals surface area (Å²) in [4.78, 5) is 63.3. The van der Waals surface area contributed by atoms with Crippen molar-refractivity contribution in [2.75, 3.05) is 13.1 Å². The van der Waals surface area contributed by atoms with Crippen LogP contribution in [0.2, 0.25) is 0 Å². The Morgan fingerprint density at radius 2 is 1.88 bits per heavy atom. The highest BCUT2D eigenvalue weighted by Crippen LogP contribution is 2.19. The number of nitrogens with two attached hydrogens (primary N) is 1. The molecule has 1 fully saturated rings. The van der Waals surface area contributed by atoms with E-state index in [2.05, 4.69) is 26.3 Å². The number of carboxylic acids is 1. The zero-order valence-electron chi connectivity index (χ0n) is 18.4. The van der Waals surface area contributed by atoms with Gasteiger partial charge in [-0.05, 0) is 31.0 Å². The van der Waals surface area contributed by atoms with E-state index in [0.717, 1.165) is 29.4 Å². The van der Waals surface area contributed by atoms with Crippen molar-refractivity contribution >= 4 is 40.5 Å². The van der Waals surface area contributed by atoms with Crippen molar-refractivity contribution < 1.29 is 29.1 Å². The summed E-state index contributed by atoms with van der Waals surface area (Å²) in [5.41, 5.74) is 6.63. The van der Waals surface area contributed by atoms with Crippen LogP contribution in [0.5, 0.6) is 0 Å². The maximum absolute atomic E-state index is 12.9. The van der Waals surface area contributed by atoms with Crippen LogP contribution in [-0.2, 0) is 30.4 Å².